The molecule has 2 N–H and O–H groups in total. The average Bonchev–Trinajstić information content (AvgIpc) is 2.39. The predicted molar refractivity (Wildman–Crippen MR) is 72.9 cm³/mol. The summed E-state index contributed by atoms with van der Waals surface area (Å²) in [6.07, 6.45) is 3.01. The first kappa shape index (κ1) is 14.8. The maximum Gasteiger partial charge on any atom is 0.231 e. The number of carbonyl (C=O) groups excluding carboxylic acids is 1. The van der Waals surface area contributed by atoms with Gasteiger partial charge in [0.25, 0.3) is 0 Å². The number of nitrogens with one attached hydrogen (secondary N) is 1. The Balaban J connectivity index is 2.03. The molecule has 2 aliphatic heterocycles. The molecule has 2 heterocycles. The minimum absolute atomic E-state index is 0.214. The van der Waals surface area contributed by atoms with Crippen LogP contribution in [0, 0.1) is 5.41 Å². The van der Waals surface area contributed by atoms with Crippen LogP contribution in [0.3, 0.4) is 0 Å². The molecule has 2 saturated heterocycles. The molecule has 0 aromatic rings. The highest BCUT2D eigenvalue weighted by molar-refractivity contribution is 5.83. The second-order valence-electron chi connectivity index (χ2n) is 6.25. The van der Waals surface area contributed by atoms with Gasteiger partial charge in [0.15, 0.2) is 0 Å². The number of methoxy groups -OCH3 is 1. The monoisotopic (exact) mass is 270 g/mol. The molecule has 110 valence electrons. The lowest BCUT2D eigenvalue weighted by Gasteiger charge is -2.43. The number of ether oxygens (including phenoxy) is 1. The van der Waals surface area contributed by atoms with Gasteiger partial charge in [-0.2, -0.15) is 0 Å². The summed E-state index contributed by atoms with van der Waals surface area (Å²) >= 11 is 0. The van der Waals surface area contributed by atoms with Crippen LogP contribution in [0.4, 0.5) is 0 Å². The highest BCUT2D eigenvalue weighted by Gasteiger charge is 2.43. The van der Waals surface area contributed by atoms with Crippen LogP contribution in [0.2, 0.25) is 0 Å². The van der Waals surface area contributed by atoms with Gasteiger partial charge in [-0.05, 0) is 45.7 Å². The lowest BCUT2D eigenvalue weighted by atomic mass is 9.77. The van der Waals surface area contributed by atoms with Crippen LogP contribution < -0.4 is 5.32 Å². The number of rotatable bonds is 3. The highest BCUT2D eigenvalue weighted by atomic mass is 16.5. The second kappa shape index (κ2) is 5.77. The molecule has 5 heteroatoms. The van der Waals surface area contributed by atoms with E-state index >= 15 is 0 Å². The first-order chi connectivity index (χ1) is 8.99. The molecule has 5 nitrogen and oxygen atoms in total. The predicted octanol–water partition coefficient (Wildman–Crippen LogP) is 0.376. The van der Waals surface area contributed by atoms with Gasteiger partial charge in [0, 0.05) is 20.2 Å². The third kappa shape index (κ3) is 3.27. The maximum atomic E-state index is 12.8. The molecule has 2 aliphatic rings. The number of carbonyl (C=O) groups is 1. The van der Waals surface area contributed by atoms with Gasteiger partial charge in [-0.25, -0.2) is 0 Å². The van der Waals surface area contributed by atoms with Crippen LogP contribution in [0.5, 0.6) is 0 Å². The summed E-state index contributed by atoms with van der Waals surface area (Å²) in [6.45, 7) is 5.42. The standard InChI is InChI=1S/C14H26N2O3/c1-13(18)5-9-16(10-6-13)12(17)14(11-19-2)3-7-15-8-4-14/h15,18H,3-11H2,1-2H3. The summed E-state index contributed by atoms with van der Waals surface area (Å²) in [5.74, 6) is 0.214. The number of amides is 1. The number of piperidine rings is 2. The van der Waals surface area contributed by atoms with Gasteiger partial charge in [-0.1, -0.05) is 0 Å². The fourth-order valence-electron chi connectivity index (χ4n) is 3.13. The number of aliphatic hydroxyl groups is 1. The summed E-state index contributed by atoms with van der Waals surface area (Å²) in [5.41, 5.74) is -0.970. The minimum atomic E-state index is -0.612. The summed E-state index contributed by atoms with van der Waals surface area (Å²) in [4.78, 5) is 14.7. The van der Waals surface area contributed by atoms with Crippen molar-refractivity contribution in [2.24, 2.45) is 5.41 Å². The Bertz CT molecular complexity index is 309. The third-order valence-electron chi connectivity index (χ3n) is 4.56. The molecule has 1 amide bonds. The highest BCUT2D eigenvalue weighted by Crippen LogP contribution is 2.33. The molecule has 0 aromatic carbocycles. The van der Waals surface area contributed by atoms with Gasteiger partial charge < -0.3 is 20.1 Å². The zero-order valence-electron chi connectivity index (χ0n) is 12.1. The van der Waals surface area contributed by atoms with E-state index in [1.165, 1.54) is 0 Å². The molecule has 0 saturated carbocycles. The summed E-state index contributed by atoms with van der Waals surface area (Å²) < 4.78 is 5.31. The first-order valence-electron chi connectivity index (χ1n) is 7.21. The molecule has 2 rings (SSSR count). The second-order valence-corrected chi connectivity index (χ2v) is 6.25. The van der Waals surface area contributed by atoms with Crippen LogP contribution >= 0.6 is 0 Å². The van der Waals surface area contributed by atoms with E-state index in [0.29, 0.717) is 32.5 Å². The lowest BCUT2D eigenvalue weighted by molar-refractivity contribution is -0.151. The average molecular weight is 270 g/mol. The summed E-state index contributed by atoms with van der Waals surface area (Å²) in [6, 6.07) is 0. The molecule has 0 unspecified atom stereocenters. The largest absolute Gasteiger partial charge is 0.390 e. The van der Waals surface area contributed by atoms with Gasteiger partial charge in [-0.3, -0.25) is 4.79 Å². The van der Waals surface area contributed by atoms with Gasteiger partial charge in [0.1, 0.15) is 0 Å². The van der Waals surface area contributed by atoms with Crippen molar-refractivity contribution in [1.82, 2.24) is 10.2 Å². The molecular formula is C14H26N2O3. The van der Waals surface area contributed by atoms with E-state index in [2.05, 4.69) is 5.32 Å². The van der Waals surface area contributed by atoms with Crippen molar-refractivity contribution in [2.45, 2.75) is 38.2 Å². The molecule has 0 atom stereocenters. The number of hydrogen-bond donors (Lipinski definition) is 2. The van der Waals surface area contributed by atoms with Crippen LogP contribution in [-0.4, -0.2) is 61.4 Å². The van der Waals surface area contributed by atoms with E-state index in [0.717, 1.165) is 25.9 Å². The molecule has 0 spiro atoms. The van der Waals surface area contributed by atoms with Crippen molar-refractivity contribution < 1.29 is 14.6 Å². The molecule has 0 aromatic heterocycles. The third-order valence-corrected chi connectivity index (χ3v) is 4.56. The number of hydrogen-bond acceptors (Lipinski definition) is 4. The minimum Gasteiger partial charge on any atom is -0.390 e. The molecule has 0 bridgehead atoms. The topological polar surface area (TPSA) is 61.8 Å². The van der Waals surface area contributed by atoms with E-state index in [-0.39, 0.29) is 11.3 Å². The Labute approximate surface area is 115 Å². The van der Waals surface area contributed by atoms with Gasteiger partial charge >= 0.3 is 0 Å². The van der Waals surface area contributed by atoms with E-state index < -0.39 is 5.60 Å². The summed E-state index contributed by atoms with van der Waals surface area (Å²) in [5, 5.41) is 13.3. The van der Waals surface area contributed by atoms with Crippen molar-refractivity contribution in [3.63, 3.8) is 0 Å². The summed E-state index contributed by atoms with van der Waals surface area (Å²) in [7, 11) is 1.66. The van der Waals surface area contributed by atoms with E-state index in [1.807, 2.05) is 11.8 Å². The zero-order valence-corrected chi connectivity index (χ0v) is 12.1. The Hall–Kier alpha value is -0.650. The Morgan fingerprint density at radius 1 is 1.26 bits per heavy atom. The Morgan fingerprint density at radius 2 is 1.84 bits per heavy atom. The van der Waals surface area contributed by atoms with Crippen molar-refractivity contribution in [2.75, 3.05) is 39.9 Å². The van der Waals surface area contributed by atoms with Gasteiger partial charge in [-0.15, -0.1) is 0 Å². The molecular weight excluding hydrogens is 244 g/mol. The quantitative estimate of drug-likeness (QED) is 0.778. The lowest BCUT2D eigenvalue weighted by Crippen LogP contribution is -2.55. The molecule has 19 heavy (non-hydrogen) atoms. The van der Waals surface area contributed by atoms with Gasteiger partial charge in [0.05, 0.1) is 17.6 Å². The molecule has 2 fully saturated rings. The molecule has 0 radical (unpaired) electrons. The maximum absolute atomic E-state index is 12.8. The van der Waals surface area contributed by atoms with E-state index in [1.54, 1.807) is 7.11 Å². The Kier molecular flexibility index (Phi) is 4.48. The number of nitrogens with zero attached hydrogens (tertiary/aromatic N) is 1. The molecule has 0 aliphatic carbocycles. The van der Waals surface area contributed by atoms with Crippen LogP contribution in [0.15, 0.2) is 0 Å². The number of likely N-dealkylation sites (tertiary alicyclic amines) is 1. The van der Waals surface area contributed by atoms with Gasteiger partial charge in [0.2, 0.25) is 5.91 Å². The van der Waals surface area contributed by atoms with Crippen molar-refractivity contribution in [3.05, 3.63) is 0 Å². The Morgan fingerprint density at radius 3 is 2.37 bits per heavy atom. The van der Waals surface area contributed by atoms with Crippen molar-refractivity contribution >= 4 is 5.91 Å². The normalized spacial score (nSPS) is 26.2. The van der Waals surface area contributed by atoms with E-state index in [9.17, 15) is 9.90 Å². The first-order valence-corrected chi connectivity index (χ1v) is 7.21. The fourth-order valence-corrected chi connectivity index (χ4v) is 3.13. The fraction of sp³-hybridized carbons (Fsp3) is 0.929. The SMILES string of the molecule is COCC1(C(=O)N2CCC(C)(O)CC2)CCNCC1. The van der Waals surface area contributed by atoms with Crippen molar-refractivity contribution in [3.8, 4) is 0 Å². The smallest absolute Gasteiger partial charge is 0.231 e. The zero-order chi connectivity index (χ0) is 13.9. The van der Waals surface area contributed by atoms with Crippen LogP contribution in [-0.2, 0) is 9.53 Å². The van der Waals surface area contributed by atoms with Crippen LogP contribution in [0.25, 0.3) is 0 Å². The van der Waals surface area contributed by atoms with E-state index in [4.69, 9.17) is 4.74 Å². The van der Waals surface area contributed by atoms with Crippen LogP contribution in [0.1, 0.15) is 32.6 Å². The van der Waals surface area contributed by atoms with Crippen molar-refractivity contribution in [1.29, 1.82) is 0 Å².